The molecule has 0 spiro atoms. The maximum Gasteiger partial charge on any atom is 0.159 e. The van der Waals surface area contributed by atoms with Crippen molar-refractivity contribution in [3.63, 3.8) is 0 Å². The van der Waals surface area contributed by atoms with Crippen molar-refractivity contribution in [1.29, 1.82) is 0 Å². The molecule has 0 saturated heterocycles. The number of carbonyl (C=O) groups excluding carboxylic acids is 1. The van der Waals surface area contributed by atoms with Crippen LogP contribution in [0.2, 0.25) is 0 Å². The lowest BCUT2D eigenvalue weighted by Crippen LogP contribution is -2.06. The Hall–Kier alpha value is -0.630. The Bertz CT molecular complexity index is 192. The minimum atomic E-state index is 0.245. The largest absolute Gasteiger partial charge is 0.330 e. The van der Waals surface area contributed by atoms with E-state index in [2.05, 4.69) is 0 Å². The summed E-state index contributed by atoms with van der Waals surface area (Å²) in [6.07, 6.45) is 2.72. The van der Waals surface area contributed by atoms with Crippen LogP contribution in [0.5, 0.6) is 0 Å². The fourth-order valence-electron chi connectivity index (χ4n) is 1.25. The summed E-state index contributed by atoms with van der Waals surface area (Å²) >= 11 is 0. The van der Waals surface area contributed by atoms with Crippen molar-refractivity contribution >= 4 is 5.78 Å². The molecule has 1 fully saturated rings. The van der Waals surface area contributed by atoms with Crippen molar-refractivity contribution in [3.8, 4) is 0 Å². The van der Waals surface area contributed by atoms with Crippen molar-refractivity contribution in [2.75, 3.05) is 6.54 Å². The summed E-state index contributed by atoms with van der Waals surface area (Å²) in [5.74, 6) is 0.980. The van der Waals surface area contributed by atoms with Crippen LogP contribution < -0.4 is 5.73 Å². The second kappa shape index (κ2) is 3.18. The van der Waals surface area contributed by atoms with Crippen molar-refractivity contribution in [1.82, 2.24) is 0 Å². The van der Waals surface area contributed by atoms with Gasteiger partial charge in [-0.3, -0.25) is 4.79 Å². The van der Waals surface area contributed by atoms with E-state index in [0.717, 1.165) is 12.0 Å². The Morgan fingerprint density at radius 2 is 2.27 bits per heavy atom. The number of carbonyl (C=O) groups is 1. The highest BCUT2D eigenvalue weighted by molar-refractivity contribution is 5.94. The SMILES string of the molecule is CC(C)=CC(=O)C1CC1CN. The van der Waals surface area contributed by atoms with Gasteiger partial charge in [0.25, 0.3) is 0 Å². The van der Waals surface area contributed by atoms with Gasteiger partial charge in [0, 0.05) is 5.92 Å². The van der Waals surface area contributed by atoms with Crippen molar-refractivity contribution < 1.29 is 4.79 Å². The Labute approximate surface area is 67.5 Å². The van der Waals surface area contributed by atoms with Gasteiger partial charge in [-0.1, -0.05) is 5.57 Å². The lowest BCUT2D eigenvalue weighted by molar-refractivity contribution is -0.116. The second-order valence-corrected chi connectivity index (χ2v) is 3.46. The number of hydrogen-bond acceptors (Lipinski definition) is 2. The molecule has 0 radical (unpaired) electrons. The van der Waals surface area contributed by atoms with Gasteiger partial charge in [0.05, 0.1) is 0 Å². The molecule has 0 heterocycles. The van der Waals surface area contributed by atoms with E-state index in [1.54, 1.807) is 6.08 Å². The van der Waals surface area contributed by atoms with Crippen LogP contribution >= 0.6 is 0 Å². The summed E-state index contributed by atoms with van der Waals surface area (Å²) in [6, 6.07) is 0. The lowest BCUT2D eigenvalue weighted by atomic mass is 10.1. The van der Waals surface area contributed by atoms with E-state index in [9.17, 15) is 4.79 Å². The number of nitrogens with two attached hydrogens (primary N) is 1. The van der Waals surface area contributed by atoms with Gasteiger partial charge in [0.1, 0.15) is 0 Å². The van der Waals surface area contributed by atoms with Crippen LogP contribution in [-0.4, -0.2) is 12.3 Å². The van der Waals surface area contributed by atoms with Gasteiger partial charge in [-0.25, -0.2) is 0 Å². The topological polar surface area (TPSA) is 43.1 Å². The Morgan fingerprint density at radius 3 is 2.64 bits per heavy atom. The average Bonchev–Trinajstić information content (AvgIpc) is 2.63. The van der Waals surface area contributed by atoms with Gasteiger partial charge >= 0.3 is 0 Å². The molecule has 1 aliphatic carbocycles. The van der Waals surface area contributed by atoms with E-state index in [0.29, 0.717) is 12.5 Å². The highest BCUT2D eigenvalue weighted by atomic mass is 16.1. The minimum Gasteiger partial charge on any atom is -0.330 e. The predicted octanol–water partition coefficient (Wildman–Crippen LogP) is 1.12. The highest BCUT2D eigenvalue weighted by Crippen LogP contribution is 2.38. The van der Waals surface area contributed by atoms with Crippen LogP contribution in [0, 0.1) is 11.8 Å². The molecule has 2 nitrogen and oxygen atoms in total. The molecule has 2 unspecified atom stereocenters. The van der Waals surface area contributed by atoms with E-state index >= 15 is 0 Å². The fraction of sp³-hybridized carbons (Fsp3) is 0.667. The molecular formula is C9H15NO. The summed E-state index contributed by atoms with van der Waals surface area (Å²) < 4.78 is 0. The summed E-state index contributed by atoms with van der Waals surface area (Å²) in [6.45, 7) is 4.54. The Kier molecular flexibility index (Phi) is 2.45. The number of allylic oxidation sites excluding steroid dienone is 2. The van der Waals surface area contributed by atoms with Gasteiger partial charge in [-0.05, 0) is 38.8 Å². The Morgan fingerprint density at radius 1 is 1.64 bits per heavy atom. The average molecular weight is 153 g/mol. The zero-order valence-corrected chi connectivity index (χ0v) is 7.13. The van der Waals surface area contributed by atoms with Crippen LogP contribution in [0.1, 0.15) is 20.3 Å². The van der Waals surface area contributed by atoms with Gasteiger partial charge in [0.2, 0.25) is 0 Å². The Balaban J connectivity index is 2.40. The first-order valence-corrected chi connectivity index (χ1v) is 4.04. The lowest BCUT2D eigenvalue weighted by Gasteiger charge is -1.91. The molecule has 1 aliphatic rings. The van der Waals surface area contributed by atoms with Crippen molar-refractivity contribution in [2.45, 2.75) is 20.3 Å². The van der Waals surface area contributed by atoms with E-state index in [1.807, 2.05) is 13.8 Å². The maximum atomic E-state index is 11.3. The molecule has 2 atom stereocenters. The zero-order chi connectivity index (χ0) is 8.43. The van der Waals surface area contributed by atoms with Gasteiger partial charge in [0.15, 0.2) is 5.78 Å². The van der Waals surface area contributed by atoms with Crippen LogP contribution in [0.15, 0.2) is 11.6 Å². The molecule has 1 rings (SSSR count). The monoisotopic (exact) mass is 153 g/mol. The summed E-state index contributed by atoms with van der Waals surface area (Å²) in [5.41, 5.74) is 6.50. The van der Waals surface area contributed by atoms with E-state index in [4.69, 9.17) is 5.73 Å². The first kappa shape index (κ1) is 8.47. The summed E-state index contributed by atoms with van der Waals surface area (Å²) in [5, 5.41) is 0. The molecule has 0 amide bonds. The van der Waals surface area contributed by atoms with E-state index in [1.165, 1.54) is 0 Å². The molecule has 0 aromatic carbocycles. The van der Waals surface area contributed by atoms with E-state index in [-0.39, 0.29) is 11.7 Å². The van der Waals surface area contributed by atoms with Gasteiger partial charge in [-0.2, -0.15) is 0 Å². The molecule has 11 heavy (non-hydrogen) atoms. The fourth-order valence-corrected chi connectivity index (χ4v) is 1.25. The second-order valence-electron chi connectivity index (χ2n) is 3.46. The van der Waals surface area contributed by atoms with Crippen molar-refractivity contribution in [2.24, 2.45) is 17.6 Å². The smallest absolute Gasteiger partial charge is 0.159 e. The molecular weight excluding hydrogens is 138 g/mol. The molecule has 0 aromatic rings. The number of hydrogen-bond donors (Lipinski definition) is 1. The predicted molar refractivity (Wildman–Crippen MR) is 45.1 cm³/mol. The van der Waals surface area contributed by atoms with Crippen LogP contribution in [0.25, 0.3) is 0 Å². The molecule has 0 aromatic heterocycles. The first-order valence-electron chi connectivity index (χ1n) is 4.04. The summed E-state index contributed by atoms with van der Waals surface area (Å²) in [4.78, 5) is 11.3. The third kappa shape index (κ3) is 2.15. The maximum absolute atomic E-state index is 11.3. The molecule has 2 heteroatoms. The quantitative estimate of drug-likeness (QED) is 0.617. The number of rotatable bonds is 3. The summed E-state index contributed by atoms with van der Waals surface area (Å²) in [7, 11) is 0. The minimum absolute atomic E-state index is 0.245. The molecule has 62 valence electrons. The number of ketones is 1. The van der Waals surface area contributed by atoms with Crippen molar-refractivity contribution in [3.05, 3.63) is 11.6 Å². The van der Waals surface area contributed by atoms with Crippen LogP contribution in [0.4, 0.5) is 0 Å². The van der Waals surface area contributed by atoms with E-state index < -0.39 is 0 Å². The van der Waals surface area contributed by atoms with Gasteiger partial charge in [-0.15, -0.1) is 0 Å². The van der Waals surface area contributed by atoms with Crippen LogP contribution in [0.3, 0.4) is 0 Å². The third-order valence-corrected chi connectivity index (χ3v) is 2.02. The molecule has 1 saturated carbocycles. The van der Waals surface area contributed by atoms with Crippen LogP contribution in [-0.2, 0) is 4.79 Å². The van der Waals surface area contributed by atoms with Gasteiger partial charge < -0.3 is 5.73 Å². The molecule has 0 bridgehead atoms. The third-order valence-electron chi connectivity index (χ3n) is 2.02. The highest BCUT2D eigenvalue weighted by Gasteiger charge is 2.40. The molecule has 2 N–H and O–H groups in total. The molecule has 0 aliphatic heterocycles. The normalized spacial score (nSPS) is 27.9. The first-order chi connectivity index (χ1) is 5.15. The zero-order valence-electron chi connectivity index (χ0n) is 7.13. The standard InChI is InChI=1S/C9H15NO/c1-6(2)3-9(11)8-4-7(8)5-10/h3,7-8H,4-5,10H2,1-2H3.